The summed E-state index contributed by atoms with van der Waals surface area (Å²) >= 11 is 0. The minimum atomic E-state index is -0.243. The van der Waals surface area contributed by atoms with Crippen molar-refractivity contribution in [1.82, 2.24) is 0 Å². The molecule has 0 aliphatic rings. The number of benzene rings is 9. The Balaban J connectivity index is 1.08. The zero-order valence-electron chi connectivity index (χ0n) is 38.1. The quantitative estimate of drug-likeness (QED) is 0.167. The third kappa shape index (κ3) is 6.26. The van der Waals surface area contributed by atoms with Crippen LogP contribution < -0.4 is 9.80 Å². The van der Waals surface area contributed by atoms with Gasteiger partial charge in [0.1, 0.15) is 22.3 Å². The van der Waals surface area contributed by atoms with E-state index in [-0.39, 0.29) is 5.41 Å². The third-order valence-corrected chi connectivity index (χ3v) is 13.7. The largest absolute Gasteiger partial charge is 0.456 e. The van der Waals surface area contributed by atoms with E-state index in [4.69, 9.17) is 8.83 Å². The van der Waals surface area contributed by atoms with Crippen LogP contribution in [0.5, 0.6) is 0 Å². The van der Waals surface area contributed by atoms with E-state index in [1.807, 2.05) is 0 Å². The maximum Gasteiger partial charge on any atom is 0.140 e. The lowest BCUT2D eigenvalue weighted by atomic mass is 9.82. The second-order valence-corrected chi connectivity index (χ2v) is 18.9. The SMILES string of the molecule is Cc1ccccc1N(c1ccc2cc3c(cc2c1)oc1c(C(C)(C)C)c2c(cc13)oc1cc3cc(N(c4ccccc4C)c4cccc(C)c4C)ccc3cc12)c1cccc(C)c1C. The number of nitrogens with zero attached hydrogens (tertiary/aromatic N) is 2. The molecule has 0 saturated heterocycles. The van der Waals surface area contributed by atoms with Gasteiger partial charge in [0, 0.05) is 61.2 Å². The lowest BCUT2D eigenvalue weighted by Crippen LogP contribution is -2.13. The van der Waals surface area contributed by atoms with Crippen LogP contribution in [0.3, 0.4) is 0 Å². The molecule has 0 radical (unpaired) electrons. The molecule has 0 unspecified atom stereocenters. The van der Waals surface area contributed by atoms with Crippen molar-refractivity contribution < 1.29 is 8.83 Å². The third-order valence-electron chi connectivity index (χ3n) is 13.7. The molecule has 0 bridgehead atoms. The van der Waals surface area contributed by atoms with Crippen LogP contribution in [0, 0.1) is 41.5 Å². The Morgan fingerprint density at radius 1 is 0.375 bits per heavy atom. The molecule has 0 aliphatic carbocycles. The van der Waals surface area contributed by atoms with Crippen molar-refractivity contribution in [3.8, 4) is 0 Å². The average Bonchev–Trinajstić information content (AvgIpc) is 3.81. The molecule has 64 heavy (non-hydrogen) atoms. The fraction of sp³-hybridized carbons (Fsp3) is 0.167. The van der Waals surface area contributed by atoms with Gasteiger partial charge in [-0.05, 0) is 181 Å². The van der Waals surface area contributed by atoms with Gasteiger partial charge >= 0.3 is 0 Å². The lowest BCUT2D eigenvalue weighted by molar-refractivity contribution is 0.577. The number of furan rings is 2. The number of hydrogen-bond donors (Lipinski definition) is 0. The highest BCUT2D eigenvalue weighted by Gasteiger charge is 2.28. The van der Waals surface area contributed by atoms with E-state index in [9.17, 15) is 0 Å². The number of rotatable bonds is 6. The summed E-state index contributed by atoms with van der Waals surface area (Å²) < 4.78 is 14.0. The fourth-order valence-electron chi connectivity index (χ4n) is 10.0. The molecule has 9 aromatic carbocycles. The number of anilines is 6. The molecule has 11 rings (SSSR count). The first-order valence-corrected chi connectivity index (χ1v) is 22.4. The predicted octanol–water partition coefficient (Wildman–Crippen LogP) is 17.9. The first-order valence-electron chi connectivity index (χ1n) is 22.4. The number of hydrogen-bond acceptors (Lipinski definition) is 4. The van der Waals surface area contributed by atoms with Crippen molar-refractivity contribution in [3.63, 3.8) is 0 Å². The van der Waals surface area contributed by atoms with Gasteiger partial charge in [0.25, 0.3) is 0 Å². The van der Waals surface area contributed by atoms with Crippen LogP contribution in [0.2, 0.25) is 0 Å². The van der Waals surface area contributed by atoms with Crippen molar-refractivity contribution >= 4 is 99.5 Å². The summed E-state index contributed by atoms with van der Waals surface area (Å²) in [7, 11) is 0. The summed E-state index contributed by atoms with van der Waals surface area (Å²) in [5, 5.41) is 8.96. The molecule has 0 fully saturated rings. The Labute approximate surface area is 375 Å². The first-order chi connectivity index (χ1) is 30.8. The van der Waals surface area contributed by atoms with E-state index in [1.165, 1.54) is 56.1 Å². The molecule has 4 nitrogen and oxygen atoms in total. The molecule has 2 heterocycles. The minimum Gasteiger partial charge on any atom is -0.456 e. The molecule has 4 heteroatoms. The standard InChI is InChI=1S/C60H52N2O2/c1-35-18-14-22-52(39(35)5)61(50-20-12-10-16-37(50)3)45-26-24-41-30-47-48-34-56-57(58(60(7,8)9)59(48)64-54(47)32-43(41)28-45)49-31-42-25-27-46(29-44(42)33-55(49)63-56)62(51-21-13-11-17-38(51)4)53-23-15-19-36(2)40(53)6/h10-34H,1-9H3. The Hall–Kier alpha value is -7.30. The Morgan fingerprint density at radius 3 is 1.36 bits per heavy atom. The molecule has 0 spiro atoms. The Morgan fingerprint density at radius 2 is 0.844 bits per heavy atom. The molecule has 0 saturated carbocycles. The molecule has 0 N–H and O–H groups in total. The fourth-order valence-corrected chi connectivity index (χ4v) is 10.0. The summed E-state index contributed by atoms with van der Waals surface area (Å²) in [6.45, 7) is 20.0. The van der Waals surface area contributed by atoms with Gasteiger partial charge in [-0.3, -0.25) is 0 Å². The summed E-state index contributed by atoms with van der Waals surface area (Å²) in [4.78, 5) is 4.79. The van der Waals surface area contributed by atoms with Crippen LogP contribution >= 0.6 is 0 Å². The Kier molecular flexibility index (Phi) is 9.04. The van der Waals surface area contributed by atoms with Crippen LogP contribution in [-0.4, -0.2) is 0 Å². The minimum absolute atomic E-state index is 0.243. The predicted molar refractivity (Wildman–Crippen MR) is 272 cm³/mol. The van der Waals surface area contributed by atoms with Gasteiger partial charge in [-0.2, -0.15) is 0 Å². The van der Waals surface area contributed by atoms with E-state index >= 15 is 0 Å². The maximum absolute atomic E-state index is 7.05. The number of fused-ring (bicyclic) bond motifs is 8. The second-order valence-electron chi connectivity index (χ2n) is 18.9. The van der Waals surface area contributed by atoms with E-state index in [2.05, 4.69) is 224 Å². The highest BCUT2D eigenvalue weighted by molar-refractivity contribution is 6.20. The van der Waals surface area contributed by atoms with Crippen LogP contribution in [0.15, 0.2) is 160 Å². The van der Waals surface area contributed by atoms with E-state index in [0.29, 0.717) is 0 Å². The van der Waals surface area contributed by atoms with Gasteiger partial charge in [-0.25, -0.2) is 0 Å². The van der Waals surface area contributed by atoms with Crippen LogP contribution in [0.4, 0.5) is 34.1 Å². The molecule has 314 valence electrons. The van der Waals surface area contributed by atoms with E-state index in [0.717, 1.165) is 82.4 Å². The van der Waals surface area contributed by atoms with Crippen LogP contribution in [0.1, 0.15) is 59.7 Å². The van der Waals surface area contributed by atoms with Crippen molar-refractivity contribution in [2.45, 2.75) is 67.7 Å². The van der Waals surface area contributed by atoms with Gasteiger partial charge in [0.15, 0.2) is 0 Å². The van der Waals surface area contributed by atoms with Crippen molar-refractivity contribution in [3.05, 3.63) is 191 Å². The highest BCUT2D eigenvalue weighted by Crippen LogP contribution is 2.48. The summed E-state index contributed by atoms with van der Waals surface area (Å²) in [5.41, 5.74) is 18.9. The monoisotopic (exact) mass is 832 g/mol. The molecule has 0 aliphatic heterocycles. The maximum atomic E-state index is 7.05. The topological polar surface area (TPSA) is 32.8 Å². The lowest BCUT2D eigenvalue weighted by Gasteiger charge is -2.29. The normalized spacial score (nSPS) is 12.1. The van der Waals surface area contributed by atoms with Crippen molar-refractivity contribution in [2.24, 2.45) is 0 Å². The zero-order valence-corrected chi connectivity index (χ0v) is 38.1. The van der Waals surface area contributed by atoms with E-state index < -0.39 is 0 Å². The van der Waals surface area contributed by atoms with Gasteiger partial charge in [-0.15, -0.1) is 0 Å². The Bertz CT molecular complexity index is 3570. The summed E-state index contributed by atoms with van der Waals surface area (Å²) in [6, 6.07) is 55.3. The molecule has 0 amide bonds. The number of para-hydroxylation sites is 2. The van der Waals surface area contributed by atoms with Crippen LogP contribution in [0.25, 0.3) is 65.4 Å². The molecule has 2 aromatic heterocycles. The highest BCUT2D eigenvalue weighted by atomic mass is 16.3. The molecule has 0 atom stereocenters. The summed E-state index contributed by atoms with van der Waals surface area (Å²) in [5.74, 6) is 0. The van der Waals surface area contributed by atoms with Crippen molar-refractivity contribution in [1.29, 1.82) is 0 Å². The second kappa shape index (κ2) is 14.6. The van der Waals surface area contributed by atoms with Gasteiger partial charge < -0.3 is 18.6 Å². The number of aryl methyl sites for hydroxylation is 4. The smallest absolute Gasteiger partial charge is 0.140 e. The van der Waals surface area contributed by atoms with Crippen molar-refractivity contribution in [2.75, 3.05) is 9.80 Å². The first kappa shape index (κ1) is 39.5. The molecular weight excluding hydrogens is 781 g/mol. The van der Waals surface area contributed by atoms with Gasteiger partial charge in [0.05, 0.1) is 0 Å². The molecule has 11 aromatic rings. The summed E-state index contributed by atoms with van der Waals surface area (Å²) in [6.07, 6.45) is 0. The van der Waals surface area contributed by atoms with Gasteiger partial charge in [0.2, 0.25) is 0 Å². The van der Waals surface area contributed by atoms with Crippen LogP contribution in [-0.2, 0) is 5.41 Å². The van der Waals surface area contributed by atoms with Gasteiger partial charge in [-0.1, -0.05) is 93.6 Å². The zero-order chi connectivity index (χ0) is 44.2. The van der Waals surface area contributed by atoms with E-state index in [1.54, 1.807) is 0 Å². The average molecular weight is 833 g/mol. The molecular formula is C60H52N2O2.